The Morgan fingerprint density at radius 1 is 1.15 bits per heavy atom. The Bertz CT molecular complexity index is 805. The first-order valence-electron chi connectivity index (χ1n) is 8.77. The Morgan fingerprint density at radius 3 is 2.65 bits per heavy atom. The molecule has 0 bridgehead atoms. The third-order valence-electron chi connectivity index (χ3n) is 4.22. The number of carbonyl (C=O) groups excluding carboxylic acids is 2. The molecule has 1 atom stereocenters. The van der Waals surface area contributed by atoms with E-state index in [1.165, 1.54) is 0 Å². The molecule has 0 heterocycles. The Balaban J connectivity index is 1.58. The number of likely N-dealkylation sites (N-methyl/N-ethyl adjacent to an activating group) is 1. The number of para-hydroxylation sites is 1. The van der Waals surface area contributed by atoms with Crippen LogP contribution in [0.4, 0.5) is 5.69 Å². The minimum atomic E-state index is -0.136. The fourth-order valence-corrected chi connectivity index (χ4v) is 3.02. The second kappa shape index (κ2) is 8.34. The van der Waals surface area contributed by atoms with E-state index in [4.69, 9.17) is 11.6 Å². The normalized spacial score (nSPS) is 14.5. The van der Waals surface area contributed by atoms with Crippen molar-refractivity contribution in [3.8, 4) is 0 Å². The molecular formula is C20H23ClN3O2+. The van der Waals surface area contributed by atoms with Gasteiger partial charge in [0.05, 0.1) is 18.3 Å². The molecule has 2 aromatic rings. The molecule has 2 amide bonds. The number of nitrogens with one attached hydrogen (secondary N) is 3. The molecule has 1 aliphatic rings. The van der Waals surface area contributed by atoms with Crippen LogP contribution in [0.1, 0.15) is 28.8 Å². The van der Waals surface area contributed by atoms with E-state index in [0.717, 1.165) is 23.3 Å². The fraction of sp³-hybridized carbons (Fsp3) is 0.300. The van der Waals surface area contributed by atoms with Crippen molar-refractivity contribution in [3.63, 3.8) is 0 Å². The molecule has 1 aliphatic carbocycles. The molecule has 3 rings (SSSR count). The molecule has 1 saturated carbocycles. The quantitative estimate of drug-likeness (QED) is 0.695. The number of rotatable bonds is 7. The van der Waals surface area contributed by atoms with Crippen molar-refractivity contribution >= 4 is 29.1 Å². The van der Waals surface area contributed by atoms with Gasteiger partial charge in [-0.05, 0) is 37.1 Å². The molecule has 0 spiro atoms. The van der Waals surface area contributed by atoms with Gasteiger partial charge in [-0.2, -0.15) is 0 Å². The zero-order chi connectivity index (χ0) is 18.5. The number of quaternary nitrogens is 1. The van der Waals surface area contributed by atoms with Gasteiger partial charge in [-0.1, -0.05) is 35.9 Å². The maximum absolute atomic E-state index is 12.4. The van der Waals surface area contributed by atoms with Gasteiger partial charge in [0.2, 0.25) is 0 Å². The summed E-state index contributed by atoms with van der Waals surface area (Å²) in [6.07, 6.45) is 2.05. The summed E-state index contributed by atoms with van der Waals surface area (Å²) >= 11 is 6.00. The Hall–Kier alpha value is -2.37. The van der Waals surface area contributed by atoms with E-state index in [1.54, 1.807) is 18.2 Å². The van der Waals surface area contributed by atoms with E-state index in [1.807, 2.05) is 37.4 Å². The summed E-state index contributed by atoms with van der Waals surface area (Å²) in [5.74, 6) is -0.265. The number of anilines is 1. The van der Waals surface area contributed by atoms with Crippen LogP contribution in [0.25, 0.3) is 0 Å². The molecule has 3 N–H and O–H groups in total. The van der Waals surface area contributed by atoms with E-state index < -0.39 is 0 Å². The van der Waals surface area contributed by atoms with Gasteiger partial charge in [0.25, 0.3) is 11.8 Å². The van der Waals surface area contributed by atoms with E-state index in [-0.39, 0.29) is 17.9 Å². The first-order chi connectivity index (χ1) is 12.5. The van der Waals surface area contributed by atoms with Crippen molar-refractivity contribution in [2.75, 3.05) is 18.9 Å². The summed E-state index contributed by atoms with van der Waals surface area (Å²) in [6, 6.07) is 15.0. The predicted octanol–water partition coefficient (Wildman–Crippen LogP) is 1.89. The Labute approximate surface area is 158 Å². The van der Waals surface area contributed by atoms with Crippen molar-refractivity contribution in [2.45, 2.75) is 25.4 Å². The lowest BCUT2D eigenvalue weighted by Gasteiger charge is -2.15. The van der Waals surface area contributed by atoms with Crippen LogP contribution in [-0.2, 0) is 11.3 Å². The van der Waals surface area contributed by atoms with Crippen LogP contribution in [-0.4, -0.2) is 31.4 Å². The van der Waals surface area contributed by atoms with Gasteiger partial charge in [0.1, 0.15) is 6.54 Å². The van der Waals surface area contributed by atoms with Crippen LogP contribution in [0.3, 0.4) is 0 Å². The van der Waals surface area contributed by atoms with E-state index in [0.29, 0.717) is 29.4 Å². The molecule has 5 nitrogen and oxygen atoms in total. The summed E-state index contributed by atoms with van der Waals surface area (Å²) < 4.78 is 0. The predicted molar refractivity (Wildman–Crippen MR) is 102 cm³/mol. The highest BCUT2D eigenvalue weighted by Crippen LogP contribution is 2.21. The van der Waals surface area contributed by atoms with Crippen molar-refractivity contribution in [3.05, 3.63) is 64.7 Å². The first-order valence-corrected chi connectivity index (χ1v) is 9.14. The van der Waals surface area contributed by atoms with Crippen LogP contribution in [0.2, 0.25) is 5.02 Å². The minimum Gasteiger partial charge on any atom is -0.349 e. The van der Waals surface area contributed by atoms with Gasteiger partial charge < -0.3 is 15.5 Å². The maximum Gasteiger partial charge on any atom is 0.279 e. The van der Waals surface area contributed by atoms with Crippen LogP contribution in [0, 0.1) is 0 Å². The lowest BCUT2D eigenvalue weighted by molar-refractivity contribution is -0.885. The summed E-state index contributed by atoms with van der Waals surface area (Å²) in [5.41, 5.74) is 2.12. The van der Waals surface area contributed by atoms with Crippen molar-refractivity contribution in [1.29, 1.82) is 0 Å². The third kappa shape index (κ3) is 5.31. The maximum atomic E-state index is 12.4. The Morgan fingerprint density at radius 2 is 1.92 bits per heavy atom. The molecule has 1 fully saturated rings. The number of hydrogen-bond donors (Lipinski definition) is 3. The van der Waals surface area contributed by atoms with Crippen molar-refractivity contribution in [2.24, 2.45) is 0 Å². The SMILES string of the molecule is C[NH+](CC(=O)Nc1ccccc1C(=O)NC1CC1)Cc1cccc(Cl)c1. The minimum absolute atomic E-state index is 0.129. The lowest BCUT2D eigenvalue weighted by atomic mass is 10.1. The first kappa shape index (κ1) is 18.4. The van der Waals surface area contributed by atoms with Crippen LogP contribution in [0.15, 0.2) is 48.5 Å². The van der Waals surface area contributed by atoms with Gasteiger partial charge in [0, 0.05) is 16.6 Å². The largest absolute Gasteiger partial charge is 0.349 e. The average molecular weight is 373 g/mol. The average Bonchev–Trinajstić information content (AvgIpc) is 3.39. The molecule has 1 unspecified atom stereocenters. The van der Waals surface area contributed by atoms with Crippen LogP contribution in [0.5, 0.6) is 0 Å². The topological polar surface area (TPSA) is 62.6 Å². The highest BCUT2D eigenvalue weighted by Gasteiger charge is 2.25. The van der Waals surface area contributed by atoms with Gasteiger partial charge in [-0.3, -0.25) is 9.59 Å². The van der Waals surface area contributed by atoms with Gasteiger partial charge in [-0.25, -0.2) is 0 Å². The molecule has 0 radical (unpaired) electrons. The molecule has 2 aromatic carbocycles. The number of halogens is 1. The van der Waals surface area contributed by atoms with Gasteiger partial charge in [-0.15, -0.1) is 0 Å². The smallest absolute Gasteiger partial charge is 0.279 e. The summed E-state index contributed by atoms with van der Waals surface area (Å²) in [4.78, 5) is 25.7. The Kier molecular flexibility index (Phi) is 5.91. The number of carbonyl (C=O) groups is 2. The van der Waals surface area contributed by atoms with E-state index >= 15 is 0 Å². The van der Waals surface area contributed by atoms with Gasteiger partial charge in [0.15, 0.2) is 6.54 Å². The zero-order valence-electron chi connectivity index (χ0n) is 14.7. The summed E-state index contributed by atoms with van der Waals surface area (Å²) in [5, 5.41) is 6.51. The standard InChI is InChI=1S/C20H22ClN3O2/c1-24(12-14-5-4-6-15(21)11-14)13-19(25)23-18-8-3-2-7-17(18)20(26)22-16-9-10-16/h2-8,11,16H,9-10,12-13H2,1H3,(H,22,26)(H,23,25)/p+1. The number of benzene rings is 2. The molecular weight excluding hydrogens is 350 g/mol. The summed E-state index contributed by atoms with van der Waals surface area (Å²) in [7, 11) is 1.95. The molecule has 0 aliphatic heterocycles. The molecule has 26 heavy (non-hydrogen) atoms. The van der Waals surface area contributed by atoms with E-state index in [2.05, 4.69) is 10.6 Å². The highest BCUT2D eigenvalue weighted by atomic mass is 35.5. The van der Waals surface area contributed by atoms with Crippen LogP contribution < -0.4 is 15.5 Å². The highest BCUT2D eigenvalue weighted by molar-refractivity contribution is 6.30. The monoisotopic (exact) mass is 372 g/mol. The van der Waals surface area contributed by atoms with Crippen molar-refractivity contribution < 1.29 is 14.5 Å². The number of amides is 2. The zero-order valence-corrected chi connectivity index (χ0v) is 15.5. The fourth-order valence-electron chi connectivity index (χ4n) is 2.81. The molecule has 0 aromatic heterocycles. The third-order valence-corrected chi connectivity index (χ3v) is 4.45. The van der Waals surface area contributed by atoms with Crippen molar-refractivity contribution in [1.82, 2.24) is 5.32 Å². The number of hydrogen-bond acceptors (Lipinski definition) is 2. The molecule has 0 saturated heterocycles. The second-order valence-electron chi connectivity index (χ2n) is 6.78. The van der Waals surface area contributed by atoms with Gasteiger partial charge >= 0.3 is 0 Å². The summed E-state index contributed by atoms with van der Waals surface area (Å²) in [6.45, 7) is 0.989. The van der Waals surface area contributed by atoms with Crippen LogP contribution >= 0.6 is 11.6 Å². The van der Waals surface area contributed by atoms with E-state index in [9.17, 15) is 9.59 Å². The molecule has 136 valence electrons. The second-order valence-corrected chi connectivity index (χ2v) is 7.22. The lowest BCUT2D eigenvalue weighted by Crippen LogP contribution is -3.08. The molecule has 6 heteroatoms.